The number of nitrogens with zero attached hydrogens (tertiary/aromatic N) is 1. The largest absolute Gasteiger partial charge is 0.461 e. The van der Waals surface area contributed by atoms with Crippen molar-refractivity contribution < 1.29 is 19.1 Å². The first-order valence-electron chi connectivity index (χ1n) is 12.4. The summed E-state index contributed by atoms with van der Waals surface area (Å²) in [4.78, 5) is 28.5. The topological polar surface area (TPSA) is 65.5 Å². The first-order valence-corrected chi connectivity index (χ1v) is 12.4. The first kappa shape index (κ1) is 27.1. The van der Waals surface area contributed by atoms with E-state index in [0.717, 1.165) is 25.7 Å². The SMILES string of the molecule is CCCCCCCCCCCCCOC(=O)c1cccc(C(=O)OCC(CC)CC)n1. The van der Waals surface area contributed by atoms with E-state index in [-0.39, 0.29) is 11.4 Å². The Bertz CT molecular complexity index is 613. The van der Waals surface area contributed by atoms with Gasteiger partial charge in [-0.2, -0.15) is 0 Å². The lowest BCUT2D eigenvalue weighted by atomic mass is 10.1. The average Bonchev–Trinajstić information content (AvgIpc) is 2.80. The number of unbranched alkanes of at least 4 members (excludes halogenated alkanes) is 10. The average molecular weight is 434 g/mol. The van der Waals surface area contributed by atoms with Gasteiger partial charge in [0.25, 0.3) is 0 Å². The van der Waals surface area contributed by atoms with Gasteiger partial charge in [-0.15, -0.1) is 0 Å². The van der Waals surface area contributed by atoms with Crippen LogP contribution in [0.25, 0.3) is 0 Å². The number of pyridine rings is 1. The molecule has 0 spiro atoms. The van der Waals surface area contributed by atoms with Gasteiger partial charge < -0.3 is 9.47 Å². The molecule has 1 rings (SSSR count). The zero-order valence-corrected chi connectivity index (χ0v) is 20.0. The van der Waals surface area contributed by atoms with Crippen molar-refractivity contribution in [1.82, 2.24) is 4.98 Å². The lowest BCUT2D eigenvalue weighted by Crippen LogP contribution is -2.16. The fourth-order valence-electron chi connectivity index (χ4n) is 3.46. The molecular formula is C26H43NO4. The number of carbonyl (C=O) groups is 2. The van der Waals surface area contributed by atoms with Crippen LogP contribution < -0.4 is 0 Å². The molecule has 5 heteroatoms. The minimum Gasteiger partial charge on any atom is -0.461 e. The van der Waals surface area contributed by atoms with Crippen LogP contribution in [0.1, 0.15) is 125 Å². The molecule has 0 atom stereocenters. The second kappa shape index (κ2) is 17.7. The lowest BCUT2D eigenvalue weighted by molar-refractivity contribution is 0.0425. The quantitative estimate of drug-likeness (QED) is 0.182. The third-order valence-electron chi connectivity index (χ3n) is 5.75. The summed E-state index contributed by atoms with van der Waals surface area (Å²) in [6.07, 6.45) is 15.7. The fourth-order valence-corrected chi connectivity index (χ4v) is 3.46. The molecule has 1 aromatic rings. The highest BCUT2D eigenvalue weighted by Gasteiger charge is 2.15. The zero-order chi connectivity index (χ0) is 22.7. The number of esters is 2. The van der Waals surface area contributed by atoms with Gasteiger partial charge in [0, 0.05) is 0 Å². The summed E-state index contributed by atoms with van der Waals surface area (Å²) in [5.41, 5.74) is 0.301. The third kappa shape index (κ3) is 12.5. The van der Waals surface area contributed by atoms with E-state index >= 15 is 0 Å². The molecule has 31 heavy (non-hydrogen) atoms. The maximum absolute atomic E-state index is 12.2. The van der Waals surface area contributed by atoms with E-state index in [1.54, 1.807) is 18.2 Å². The Hall–Kier alpha value is -1.91. The summed E-state index contributed by atoms with van der Waals surface area (Å²) in [5.74, 6) is -0.628. The van der Waals surface area contributed by atoms with Crippen molar-refractivity contribution >= 4 is 11.9 Å². The number of hydrogen-bond acceptors (Lipinski definition) is 5. The van der Waals surface area contributed by atoms with Crippen LogP contribution in [0, 0.1) is 5.92 Å². The Morgan fingerprint density at radius 1 is 0.742 bits per heavy atom. The summed E-state index contributed by atoms with van der Waals surface area (Å²) in [6.45, 7) is 7.17. The predicted molar refractivity (Wildman–Crippen MR) is 125 cm³/mol. The highest BCUT2D eigenvalue weighted by Crippen LogP contribution is 2.12. The van der Waals surface area contributed by atoms with Gasteiger partial charge >= 0.3 is 11.9 Å². The highest BCUT2D eigenvalue weighted by molar-refractivity contribution is 5.91. The Labute approximate surface area is 189 Å². The van der Waals surface area contributed by atoms with E-state index in [2.05, 4.69) is 25.8 Å². The Morgan fingerprint density at radius 2 is 1.23 bits per heavy atom. The molecule has 0 aliphatic carbocycles. The zero-order valence-electron chi connectivity index (χ0n) is 20.0. The molecule has 0 aliphatic heterocycles. The van der Waals surface area contributed by atoms with Gasteiger partial charge in [0.05, 0.1) is 13.2 Å². The van der Waals surface area contributed by atoms with Crippen LogP contribution in [0.5, 0.6) is 0 Å². The molecule has 0 saturated carbocycles. The van der Waals surface area contributed by atoms with Crippen LogP contribution in [0.3, 0.4) is 0 Å². The molecule has 1 heterocycles. The van der Waals surface area contributed by atoms with E-state index in [9.17, 15) is 9.59 Å². The molecule has 0 radical (unpaired) electrons. The number of carbonyl (C=O) groups excluding carboxylic acids is 2. The van der Waals surface area contributed by atoms with Crippen molar-refractivity contribution in [2.24, 2.45) is 5.92 Å². The monoisotopic (exact) mass is 433 g/mol. The Kier molecular flexibility index (Phi) is 15.5. The summed E-state index contributed by atoms with van der Waals surface area (Å²) in [5, 5.41) is 0. The molecule has 176 valence electrons. The second-order valence-corrected chi connectivity index (χ2v) is 8.36. The molecule has 0 aliphatic rings. The Morgan fingerprint density at radius 3 is 1.74 bits per heavy atom. The molecule has 0 unspecified atom stereocenters. The normalized spacial score (nSPS) is 11.0. The molecule has 0 aromatic carbocycles. The van der Waals surface area contributed by atoms with E-state index in [1.807, 2.05) is 0 Å². The lowest BCUT2D eigenvalue weighted by Gasteiger charge is -2.12. The molecule has 0 bridgehead atoms. The first-order chi connectivity index (χ1) is 15.1. The van der Waals surface area contributed by atoms with Gasteiger partial charge in [0.15, 0.2) is 0 Å². The number of aromatic nitrogens is 1. The van der Waals surface area contributed by atoms with E-state index in [4.69, 9.17) is 9.47 Å². The van der Waals surface area contributed by atoms with Gasteiger partial charge in [-0.25, -0.2) is 14.6 Å². The second-order valence-electron chi connectivity index (χ2n) is 8.36. The predicted octanol–water partition coefficient (Wildman–Crippen LogP) is 7.14. The van der Waals surface area contributed by atoms with Crippen LogP contribution in [-0.4, -0.2) is 30.1 Å². The molecule has 0 fully saturated rings. The summed E-state index contributed by atoms with van der Waals surface area (Å²) >= 11 is 0. The fraction of sp³-hybridized carbons (Fsp3) is 0.731. The van der Waals surface area contributed by atoms with Crippen LogP contribution in [0.2, 0.25) is 0 Å². The molecule has 0 amide bonds. The van der Waals surface area contributed by atoms with Crippen molar-refractivity contribution in [2.45, 2.75) is 104 Å². The molecular weight excluding hydrogens is 390 g/mol. The molecule has 1 aromatic heterocycles. The summed E-state index contributed by atoms with van der Waals surface area (Å²) in [6, 6.07) is 4.77. The van der Waals surface area contributed by atoms with Crippen molar-refractivity contribution in [3.63, 3.8) is 0 Å². The van der Waals surface area contributed by atoms with Crippen molar-refractivity contribution in [3.05, 3.63) is 29.6 Å². The van der Waals surface area contributed by atoms with Crippen molar-refractivity contribution in [3.8, 4) is 0 Å². The number of rotatable bonds is 18. The Balaban J connectivity index is 2.19. The van der Waals surface area contributed by atoms with Gasteiger partial charge in [0.2, 0.25) is 0 Å². The standard InChI is InChI=1S/C26H43NO4/c1-4-7-8-9-10-11-12-13-14-15-16-20-30-25(28)23-18-17-19-24(27-23)26(29)31-21-22(5-2)6-3/h17-19,22H,4-16,20-21H2,1-3H3. The molecule has 0 N–H and O–H groups in total. The van der Waals surface area contributed by atoms with Crippen LogP contribution in [0.4, 0.5) is 0 Å². The van der Waals surface area contributed by atoms with Gasteiger partial charge in [-0.3, -0.25) is 0 Å². The van der Waals surface area contributed by atoms with Gasteiger partial charge in [-0.1, -0.05) is 104 Å². The van der Waals surface area contributed by atoms with E-state index in [0.29, 0.717) is 19.1 Å². The van der Waals surface area contributed by atoms with Crippen molar-refractivity contribution in [2.75, 3.05) is 13.2 Å². The highest BCUT2D eigenvalue weighted by atomic mass is 16.5. The maximum Gasteiger partial charge on any atom is 0.356 e. The smallest absolute Gasteiger partial charge is 0.356 e. The minimum atomic E-state index is -0.494. The third-order valence-corrected chi connectivity index (χ3v) is 5.75. The van der Waals surface area contributed by atoms with E-state index in [1.165, 1.54) is 57.8 Å². The minimum absolute atomic E-state index is 0.148. The van der Waals surface area contributed by atoms with E-state index < -0.39 is 11.9 Å². The van der Waals surface area contributed by atoms with Crippen LogP contribution >= 0.6 is 0 Å². The molecule has 0 saturated heterocycles. The maximum atomic E-state index is 12.2. The van der Waals surface area contributed by atoms with Gasteiger partial charge in [0.1, 0.15) is 11.4 Å². The summed E-state index contributed by atoms with van der Waals surface area (Å²) in [7, 11) is 0. The van der Waals surface area contributed by atoms with Gasteiger partial charge in [-0.05, 0) is 24.5 Å². The molecule has 5 nitrogen and oxygen atoms in total. The number of ether oxygens (including phenoxy) is 2. The van der Waals surface area contributed by atoms with Crippen LogP contribution in [0.15, 0.2) is 18.2 Å². The van der Waals surface area contributed by atoms with Crippen LogP contribution in [-0.2, 0) is 9.47 Å². The summed E-state index contributed by atoms with van der Waals surface area (Å²) < 4.78 is 10.7. The number of hydrogen-bond donors (Lipinski definition) is 0. The van der Waals surface area contributed by atoms with Crippen molar-refractivity contribution in [1.29, 1.82) is 0 Å².